The molecule has 0 aromatic carbocycles. The van der Waals surface area contributed by atoms with Crippen LogP contribution in [0, 0.1) is 17.8 Å². The SMILES string of the molecule is OCCC(C1CCC1)C1CCNC1. The van der Waals surface area contributed by atoms with Gasteiger partial charge < -0.3 is 10.4 Å². The van der Waals surface area contributed by atoms with Gasteiger partial charge in [0.1, 0.15) is 0 Å². The molecule has 2 aliphatic rings. The normalized spacial score (nSPS) is 31.6. The third-order valence-electron chi connectivity index (χ3n) is 3.92. The molecule has 2 rings (SSSR count). The molecular weight excluding hydrogens is 162 g/mol. The van der Waals surface area contributed by atoms with E-state index >= 15 is 0 Å². The molecule has 0 bridgehead atoms. The van der Waals surface area contributed by atoms with Crippen molar-refractivity contribution < 1.29 is 5.11 Å². The van der Waals surface area contributed by atoms with Gasteiger partial charge in [0.25, 0.3) is 0 Å². The molecule has 0 spiro atoms. The van der Waals surface area contributed by atoms with E-state index in [1.165, 1.54) is 38.8 Å². The van der Waals surface area contributed by atoms with Crippen molar-refractivity contribution in [3.05, 3.63) is 0 Å². The zero-order valence-corrected chi connectivity index (χ0v) is 8.34. The van der Waals surface area contributed by atoms with Crippen LogP contribution >= 0.6 is 0 Å². The largest absolute Gasteiger partial charge is 0.396 e. The summed E-state index contributed by atoms with van der Waals surface area (Å²) in [7, 11) is 0. The summed E-state index contributed by atoms with van der Waals surface area (Å²) in [5, 5.41) is 12.5. The van der Waals surface area contributed by atoms with Crippen LogP contribution in [-0.2, 0) is 0 Å². The average Bonchev–Trinajstić information content (AvgIpc) is 2.51. The van der Waals surface area contributed by atoms with Crippen molar-refractivity contribution in [3.8, 4) is 0 Å². The van der Waals surface area contributed by atoms with Crippen molar-refractivity contribution in [2.75, 3.05) is 19.7 Å². The predicted molar refractivity (Wildman–Crippen MR) is 53.5 cm³/mol. The zero-order chi connectivity index (χ0) is 9.10. The Balaban J connectivity index is 1.86. The molecule has 2 atom stereocenters. The minimum atomic E-state index is 0.387. The molecular formula is C11H21NO. The highest BCUT2D eigenvalue weighted by Crippen LogP contribution is 2.40. The number of rotatable bonds is 4. The maximum atomic E-state index is 9.05. The molecule has 2 fully saturated rings. The van der Waals surface area contributed by atoms with Gasteiger partial charge >= 0.3 is 0 Å². The van der Waals surface area contributed by atoms with Crippen molar-refractivity contribution in [2.24, 2.45) is 17.8 Å². The lowest BCUT2D eigenvalue weighted by atomic mass is 9.69. The van der Waals surface area contributed by atoms with Gasteiger partial charge in [0, 0.05) is 6.61 Å². The third kappa shape index (κ3) is 2.05. The first-order chi connectivity index (χ1) is 6.42. The fraction of sp³-hybridized carbons (Fsp3) is 1.00. The molecule has 1 saturated carbocycles. The molecule has 2 N–H and O–H groups in total. The van der Waals surface area contributed by atoms with E-state index in [0.717, 1.165) is 24.2 Å². The van der Waals surface area contributed by atoms with E-state index in [-0.39, 0.29) is 0 Å². The highest BCUT2D eigenvalue weighted by Gasteiger charge is 2.33. The highest BCUT2D eigenvalue weighted by molar-refractivity contribution is 4.86. The zero-order valence-electron chi connectivity index (χ0n) is 8.34. The summed E-state index contributed by atoms with van der Waals surface area (Å²) >= 11 is 0. The van der Waals surface area contributed by atoms with Crippen LogP contribution in [0.2, 0.25) is 0 Å². The second-order valence-corrected chi connectivity index (χ2v) is 4.62. The quantitative estimate of drug-likeness (QED) is 0.690. The minimum absolute atomic E-state index is 0.387. The minimum Gasteiger partial charge on any atom is -0.396 e. The highest BCUT2D eigenvalue weighted by atomic mass is 16.3. The van der Waals surface area contributed by atoms with Crippen LogP contribution in [0.3, 0.4) is 0 Å². The van der Waals surface area contributed by atoms with E-state index in [1.54, 1.807) is 0 Å². The summed E-state index contributed by atoms with van der Waals surface area (Å²) in [5.41, 5.74) is 0. The van der Waals surface area contributed by atoms with Crippen LogP contribution in [0.15, 0.2) is 0 Å². The fourth-order valence-electron chi connectivity index (χ4n) is 2.92. The van der Waals surface area contributed by atoms with Gasteiger partial charge in [-0.1, -0.05) is 19.3 Å². The van der Waals surface area contributed by atoms with E-state index in [4.69, 9.17) is 5.11 Å². The van der Waals surface area contributed by atoms with Gasteiger partial charge in [-0.2, -0.15) is 0 Å². The number of hydrogen-bond donors (Lipinski definition) is 2. The smallest absolute Gasteiger partial charge is 0.0433 e. The van der Waals surface area contributed by atoms with Crippen LogP contribution in [-0.4, -0.2) is 24.8 Å². The van der Waals surface area contributed by atoms with Crippen molar-refractivity contribution in [3.63, 3.8) is 0 Å². The number of nitrogens with one attached hydrogen (secondary N) is 1. The van der Waals surface area contributed by atoms with Gasteiger partial charge in [-0.25, -0.2) is 0 Å². The molecule has 0 amide bonds. The van der Waals surface area contributed by atoms with Crippen LogP contribution in [0.1, 0.15) is 32.1 Å². The Hall–Kier alpha value is -0.0800. The number of aliphatic hydroxyl groups excluding tert-OH is 1. The van der Waals surface area contributed by atoms with Gasteiger partial charge in [0.05, 0.1) is 0 Å². The van der Waals surface area contributed by atoms with E-state index < -0.39 is 0 Å². The van der Waals surface area contributed by atoms with Gasteiger partial charge in [-0.15, -0.1) is 0 Å². The summed E-state index contributed by atoms with van der Waals surface area (Å²) in [6.45, 7) is 2.78. The Morgan fingerprint density at radius 2 is 2.08 bits per heavy atom. The Kier molecular flexibility index (Phi) is 3.23. The van der Waals surface area contributed by atoms with Crippen molar-refractivity contribution in [1.29, 1.82) is 0 Å². The van der Waals surface area contributed by atoms with Crippen molar-refractivity contribution in [1.82, 2.24) is 5.32 Å². The molecule has 1 heterocycles. The van der Waals surface area contributed by atoms with E-state index in [0.29, 0.717) is 6.61 Å². The first-order valence-electron chi connectivity index (χ1n) is 5.73. The molecule has 2 heteroatoms. The van der Waals surface area contributed by atoms with Crippen LogP contribution in [0.25, 0.3) is 0 Å². The summed E-state index contributed by atoms with van der Waals surface area (Å²) in [6.07, 6.45) is 6.63. The van der Waals surface area contributed by atoms with Gasteiger partial charge in [0.15, 0.2) is 0 Å². The molecule has 1 aliphatic carbocycles. The first-order valence-corrected chi connectivity index (χ1v) is 5.73. The summed E-state index contributed by atoms with van der Waals surface area (Å²) < 4.78 is 0. The molecule has 1 saturated heterocycles. The number of aliphatic hydroxyl groups is 1. The van der Waals surface area contributed by atoms with E-state index in [2.05, 4.69) is 5.32 Å². The lowest BCUT2D eigenvalue weighted by molar-refractivity contribution is 0.116. The topological polar surface area (TPSA) is 32.3 Å². The lowest BCUT2D eigenvalue weighted by Crippen LogP contribution is -2.30. The number of hydrogen-bond acceptors (Lipinski definition) is 2. The van der Waals surface area contributed by atoms with Gasteiger partial charge in [-0.3, -0.25) is 0 Å². The Labute approximate surface area is 80.7 Å². The second kappa shape index (κ2) is 4.43. The maximum Gasteiger partial charge on any atom is 0.0433 e. The Morgan fingerprint density at radius 3 is 2.54 bits per heavy atom. The summed E-state index contributed by atoms with van der Waals surface area (Å²) in [4.78, 5) is 0. The van der Waals surface area contributed by atoms with Crippen LogP contribution in [0.5, 0.6) is 0 Å². The monoisotopic (exact) mass is 183 g/mol. The predicted octanol–water partition coefficient (Wildman–Crippen LogP) is 1.39. The average molecular weight is 183 g/mol. The molecule has 2 unspecified atom stereocenters. The second-order valence-electron chi connectivity index (χ2n) is 4.62. The molecule has 0 aromatic heterocycles. The lowest BCUT2D eigenvalue weighted by Gasteiger charge is -2.37. The van der Waals surface area contributed by atoms with E-state index in [1.807, 2.05) is 0 Å². The Morgan fingerprint density at radius 1 is 1.23 bits per heavy atom. The third-order valence-corrected chi connectivity index (χ3v) is 3.92. The molecule has 0 radical (unpaired) electrons. The molecule has 2 nitrogen and oxygen atoms in total. The van der Waals surface area contributed by atoms with Crippen molar-refractivity contribution >= 4 is 0 Å². The summed E-state index contributed by atoms with van der Waals surface area (Å²) in [5.74, 6) is 2.61. The first kappa shape index (κ1) is 9.47. The molecule has 0 aromatic rings. The fourth-order valence-corrected chi connectivity index (χ4v) is 2.92. The molecule has 76 valence electrons. The maximum absolute atomic E-state index is 9.05. The standard InChI is InChI=1S/C11H21NO/c13-7-5-11(9-2-1-3-9)10-4-6-12-8-10/h9-13H,1-8H2. The summed E-state index contributed by atoms with van der Waals surface area (Å²) in [6, 6.07) is 0. The van der Waals surface area contributed by atoms with E-state index in [9.17, 15) is 0 Å². The van der Waals surface area contributed by atoms with Crippen molar-refractivity contribution in [2.45, 2.75) is 32.1 Å². The van der Waals surface area contributed by atoms with Gasteiger partial charge in [-0.05, 0) is 43.7 Å². The van der Waals surface area contributed by atoms with Gasteiger partial charge in [0.2, 0.25) is 0 Å². The molecule has 1 aliphatic heterocycles. The van der Waals surface area contributed by atoms with Crippen LogP contribution in [0.4, 0.5) is 0 Å². The van der Waals surface area contributed by atoms with Crippen LogP contribution < -0.4 is 5.32 Å². The Bertz CT molecular complexity index is 150. The molecule has 13 heavy (non-hydrogen) atoms.